The van der Waals surface area contributed by atoms with Crippen LogP contribution in [0.1, 0.15) is 64.5 Å². The molecule has 1 amide bonds. The average Bonchev–Trinajstić information content (AvgIpc) is 3.45. The molecule has 0 bridgehead atoms. The number of piperidine rings is 1. The second kappa shape index (κ2) is 15.0. The Kier molecular flexibility index (Phi) is 11.1. The van der Waals surface area contributed by atoms with Gasteiger partial charge in [0.2, 0.25) is 0 Å². The van der Waals surface area contributed by atoms with Gasteiger partial charge in [-0.3, -0.25) is 4.79 Å². The van der Waals surface area contributed by atoms with E-state index in [1.54, 1.807) is 4.90 Å². The van der Waals surface area contributed by atoms with Gasteiger partial charge in [0.1, 0.15) is 17.7 Å². The van der Waals surface area contributed by atoms with Gasteiger partial charge in [0.05, 0.1) is 24.1 Å². The molecule has 5 atom stereocenters. The first kappa shape index (κ1) is 34.0. The highest BCUT2D eigenvalue weighted by Gasteiger charge is 2.29. The zero-order valence-corrected chi connectivity index (χ0v) is 27.8. The van der Waals surface area contributed by atoms with Gasteiger partial charge in [-0.25, -0.2) is 13.9 Å². The number of cyclic esters (lactones) is 1. The first-order valence-electron chi connectivity index (χ1n) is 16.6. The maximum absolute atomic E-state index is 15.3. The molecule has 4 heterocycles. The third-order valence-electron chi connectivity index (χ3n) is 9.69. The normalized spacial score (nSPS) is 29.2. The minimum absolute atomic E-state index is 0.0715. The number of amides is 1. The van der Waals surface area contributed by atoms with E-state index in [4.69, 9.17) is 9.47 Å². The van der Waals surface area contributed by atoms with E-state index in [0.717, 1.165) is 39.0 Å². The molecule has 0 radical (unpaired) electrons. The Balaban J connectivity index is 1.39. The van der Waals surface area contributed by atoms with Crippen molar-refractivity contribution in [2.75, 3.05) is 53.4 Å². The molecule has 1 N–H and O–H groups in total. The van der Waals surface area contributed by atoms with E-state index >= 15 is 4.39 Å². The maximum Gasteiger partial charge on any atom is 0.410 e. The number of aliphatic hydroxyl groups excluding tert-OH is 1. The highest BCUT2D eigenvalue weighted by molar-refractivity contribution is 5.79. The highest BCUT2D eigenvalue weighted by Crippen LogP contribution is 2.29. The molecule has 0 spiro atoms. The SMILES string of the molecule is C/C(=C\c1cc(F)c2nnn(C3CCN(C)CC3)c2c1)[C@H]1OC(=O)C[C@H](O)CC[C@H](C)[C@@H](OC(=O)N2CCN(C)CC2)/C=C/[C@@H]1C. The third-order valence-corrected chi connectivity index (χ3v) is 9.69. The van der Waals surface area contributed by atoms with Gasteiger partial charge in [0.25, 0.3) is 0 Å². The van der Waals surface area contributed by atoms with Crippen molar-refractivity contribution in [3.05, 3.63) is 41.2 Å². The monoisotopic (exact) mass is 640 g/mol. The fraction of sp³-hybridized carbons (Fsp3) is 0.647. The second-order valence-corrected chi connectivity index (χ2v) is 13.5. The summed E-state index contributed by atoms with van der Waals surface area (Å²) < 4.78 is 29.1. The smallest absolute Gasteiger partial charge is 0.410 e. The van der Waals surface area contributed by atoms with Gasteiger partial charge in [-0.1, -0.05) is 31.2 Å². The van der Waals surface area contributed by atoms with Crippen LogP contribution in [-0.4, -0.2) is 119 Å². The summed E-state index contributed by atoms with van der Waals surface area (Å²) in [5.41, 5.74) is 2.21. The summed E-state index contributed by atoms with van der Waals surface area (Å²) in [6, 6.07) is 3.46. The van der Waals surface area contributed by atoms with Crippen LogP contribution >= 0.6 is 0 Å². The maximum atomic E-state index is 15.3. The Morgan fingerprint density at radius 1 is 1.02 bits per heavy atom. The van der Waals surface area contributed by atoms with Crippen LogP contribution in [0.2, 0.25) is 0 Å². The fourth-order valence-corrected chi connectivity index (χ4v) is 6.59. The molecule has 0 saturated carbocycles. The quantitative estimate of drug-likeness (QED) is 0.387. The van der Waals surface area contributed by atoms with Crippen LogP contribution in [0, 0.1) is 17.7 Å². The van der Waals surface area contributed by atoms with Crippen molar-refractivity contribution in [1.29, 1.82) is 0 Å². The molecular formula is C34H49FN6O5. The largest absolute Gasteiger partial charge is 0.457 e. The van der Waals surface area contributed by atoms with Crippen LogP contribution in [0.15, 0.2) is 29.9 Å². The van der Waals surface area contributed by atoms with Gasteiger partial charge in [0.15, 0.2) is 5.82 Å². The summed E-state index contributed by atoms with van der Waals surface area (Å²) >= 11 is 0. The van der Waals surface area contributed by atoms with Gasteiger partial charge in [-0.15, -0.1) is 5.10 Å². The molecule has 2 saturated heterocycles. The van der Waals surface area contributed by atoms with Crippen molar-refractivity contribution >= 4 is 29.2 Å². The molecule has 5 rings (SSSR count). The molecule has 252 valence electrons. The molecule has 46 heavy (non-hydrogen) atoms. The minimum atomic E-state index is -0.878. The number of hydrogen-bond acceptors (Lipinski definition) is 9. The molecule has 1 aromatic carbocycles. The van der Waals surface area contributed by atoms with E-state index < -0.39 is 30.1 Å². The fourth-order valence-electron chi connectivity index (χ4n) is 6.59. The van der Waals surface area contributed by atoms with E-state index in [1.165, 1.54) is 6.07 Å². The molecule has 12 heteroatoms. The number of ether oxygens (including phenoxy) is 2. The van der Waals surface area contributed by atoms with Crippen LogP contribution in [0.25, 0.3) is 17.1 Å². The van der Waals surface area contributed by atoms with E-state index in [0.29, 0.717) is 42.6 Å². The van der Waals surface area contributed by atoms with Crippen molar-refractivity contribution in [2.24, 2.45) is 11.8 Å². The number of carbonyl (C=O) groups excluding carboxylic acids is 2. The van der Waals surface area contributed by atoms with Crippen LogP contribution in [0.4, 0.5) is 9.18 Å². The van der Waals surface area contributed by atoms with Crippen molar-refractivity contribution in [3.8, 4) is 0 Å². The van der Waals surface area contributed by atoms with Gasteiger partial charge in [-0.2, -0.15) is 0 Å². The van der Waals surface area contributed by atoms with E-state index in [9.17, 15) is 14.7 Å². The number of carbonyl (C=O) groups is 2. The van der Waals surface area contributed by atoms with Crippen molar-refractivity contribution < 1.29 is 28.6 Å². The van der Waals surface area contributed by atoms with Gasteiger partial charge >= 0.3 is 12.1 Å². The summed E-state index contributed by atoms with van der Waals surface area (Å²) in [5, 5.41) is 19.1. The predicted molar refractivity (Wildman–Crippen MR) is 173 cm³/mol. The molecule has 0 aliphatic carbocycles. The van der Waals surface area contributed by atoms with Crippen LogP contribution < -0.4 is 0 Å². The molecular weight excluding hydrogens is 591 g/mol. The number of likely N-dealkylation sites (N-methyl/N-ethyl adjacent to an activating group) is 1. The Bertz CT molecular complexity index is 1430. The van der Waals surface area contributed by atoms with Crippen molar-refractivity contribution in [2.45, 2.75) is 77.2 Å². The number of rotatable bonds is 4. The van der Waals surface area contributed by atoms with Gasteiger partial charge < -0.3 is 29.3 Å². The molecule has 3 aliphatic heterocycles. The molecule has 0 unspecified atom stereocenters. The predicted octanol–water partition coefficient (Wildman–Crippen LogP) is 4.28. The van der Waals surface area contributed by atoms with E-state index in [-0.39, 0.29) is 35.9 Å². The lowest BCUT2D eigenvalue weighted by atomic mass is 9.91. The zero-order valence-electron chi connectivity index (χ0n) is 27.8. The first-order chi connectivity index (χ1) is 22.0. The summed E-state index contributed by atoms with van der Waals surface area (Å²) in [6.45, 7) is 10.5. The van der Waals surface area contributed by atoms with Crippen molar-refractivity contribution in [1.82, 2.24) is 29.7 Å². The molecule has 2 fully saturated rings. The average molecular weight is 641 g/mol. The lowest BCUT2D eigenvalue weighted by Gasteiger charge is -2.33. The number of hydrogen-bond donors (Lipinski definition) is 1. The summed E-state index contributed by atoms with van der Waals surface area (Å²) in [6.07, 6.45) is 5.84. The van der Waals surface area contributed by atoms with Crippen LogP contribution in [-0.2, 0) is 14.3 Å². The van der Waals surface area contributed by atoms with Crippen LogP contribution in [0.5, 0.6) is 0 Å². The summed E-state index contributed by atoms with van der Waals surface area (Å²) in [7, 11) is 4.12. The standard InChI is InChI=1S/C34H49FN6O5/c1-22-6-8-27(42)21-31(43)46-33(23(2)7-9-30(22)45-34(44)40-16-14-39(5)15-17-40)24(3)18-25-19-28(35)32-29(20-25)41(37-36-32)26-10-12-38(4)13-11-26/h7,9,18-20,22-23,26-27,30,33,42H,6,8,10-17,21H2,1-5H3/b9-7+,24-18+/t22-,23-,27+,30-,33-/m0/s1. The highest BCUT2D eigenvalue weighted by atomic mass is 19.1. The summed E-state index contributed by atoms with van der Waals surface area (Å²) in [5.74, 6) is -1.32. The van der Waals surface area contributed by atoms with Crippen molar-refractivity contribution in [3.63, 3.8) is 0 Å². The number of nitrogens with zero attached hydrogens (tertiary/aromatic N) is 6. The molecule has 3 aliphatic rings. The summed E-state index contributed by atoms with van der Waals surface area (Å²) in [4.78, 5) is 32.2. The number of benzene rings is 1. The Morgan fingerprint density at radius 3 is 2.43 bits per heavy atom. The Morgan fingerprint density at radius 2 is 1.72 bits per heavy atom. The number of likely N-dealkylation sites (tertiary alicyclic amines) is 1. The number of aromatic nitrogens is 3. The van der Waals surface area contributed by atoms with E-state index in [2.05, 4.69) is 27.2 Å². The van der Waals surface area contributed by atoms with Crippen LogP contribution in [0.3, 0.4) is 0 Å². The molecule has 2 aromatic rings. The van der Waals surface area contributed by atoms with Gasteiger partial charge in [-0.05, 0) is 95.1 Å². The zero-order chi connectivity index (χ0) is 33.0. The minimum Gasteiger partial charge on any atom is -0.457 e. The topological polar surface area (TPSA) is 113 Å². The molecule has 11 nitrogen and oxygen atoms in total. The lowest BCUT2D eigenvalue weighted by Crippen LogP contribution is -2.48. The number of fused-ring (bicyclic) bond motifs is 1. The lowest BCUT2D eigenvalue weighted by molar-refractivity contribution is -0.151. The number of esters is 1. The third kappa shape index (κ3) is 8.32. The number of aliphatic hydroxyl groups is 1. The Hall–Kier alpha value is -3.35. The van der Waals surface area contributed by atoms with E-state index in [1.807, 2.05) is 56.8 Å². The molecule has 1 aromatic heterocycles. The number of halogens is 1. The van der Waals surface area contributed by atoms with Gasteiger partial charge in [0, 0.05) is 32.1 Å². The Labute approximate surface area is 271 Å². The number of piperazine rings is 1. The second-order valence-electron chi connectivity index (χ2n) is 13.5. The first-order valence-corrected chi connectivity index (χ1v) is 16.6.